The maximum absolute atomic E-state index is 10.1. The molecule has 4 heteroatoms. The molecule has 0 radical (unpaired) electrons. The van der Waals surface area contributed by atoms with Crippen molar-refractivity contribution in [3.63, 3.8) is 0 Å². The van der Waals surface area contributed by atoms with Crippen LogP contribution in [0.1, 0.15) is 44.1 Å². The molecular formula is C19H24N2O2. The zero-order chi connectivity index (χ0) is 16.1. The van der Waals surface area contributed by atoms with Crippen molar-refractivity contribution in [3.05, 3.63) is 42.0 Å². The summed E-state index contributed by atoms with van der Waals surface area (Å²) in [7, 11) is 0. The lowest BCUT2D eigenvalue weighted by molar-refractivity contribution is 0.100. The van der Waals surface area contributed by atoms with Crippen LogP contribution in [0.2, 0.25) is 0 Å². The largest absolute Gasteiger partial charge is 0.507 e. The summed E-state index contributed by atoms with van der Waals surface area (Å²) in [6.45, 7) is 0. The van der Waals surface area contributed by atoms with Gasteiger partial charge in [-0.05, 0) is 23.8 Å². The average molecular weight is 312 g/mol. The van der Waals surface area contributed by atoms with Gasteiger partial charge in [0.25, 0.3) is 0 Å². The standard InChI is InChI=1S/C19H24N2O2/c22-17-11-5-9-15-8-4-10-16(19(15)17)13-20-21-18(23)12-14-6-2-1-3-7-14/h4-5,8-11,13-14,18,21-23H,1-3,6-7,12H2/b20-13-. The van der Waals surface area contributed by atoms with Gasteiger partial charge in [-0.1, -0.05) is 62.4 Å². The summed E-state index contributed by atoms with van der Waals surface area (Å²) < 4.78 is 0. The molecule has 0 bridgehead atoms. The van der Waals surface area contributed by atoms with E-state index in [0.29, 0.717) is 5.92 Å². The lowest BCUT2D eigenvalue weighted by Gasteiger charge is -2.23. The summed E-state index contributed by atoms with van der Waals surface area (Å²) in [5.41, 5.74) is 3.64. The summed E-state index contributed by atoms with van der Waals surface area (Å²) >= 11 is 0. The predicted octanol–water partition coefficient (Wildman–Crippen LogP) is 3.76. The molecule has 1 atom stereocenters. The number of aliphatic hydroxyl groups excluding tert-OH is 1. The van der Waals surface area contributed by atoms with Crippen LogP contribution >= 0.6 is 0 Å². The monoisotopic (exact) mass is 312 g/mol. The molecule has 0 spiro atoms. The summed E-state index contributed by atoms with van der Waals surface area (Å²) in [6, 6.07) is 11.2. The van der Waals surface area contributed by atoms with E-state index in [9.17, 15) is 10.2 Å². The van der Waals surface area contributed by atoms with Gasteiger partial charge in [-0.3, -0.25) is 5.43 Å². The van der Waals surface area contributed by atoms with Crippen LogP contribution in [0.15, 0.2) is 41.5 Å². The smallest absolute Gasteiger partial charge is 0.140 e. The predicted molar refractivity (Wildman–Crippen MR) is 93.5 cm³/mol. The molecule has 4 nitrogen and oxygen atoms in total. The Morgan fingerprint density at radius 3 is 2.65 bits per heavy atom. The van der Waals surface area contributed by atoms with E-state index >= 15 is 0 Å². The lowest BCUT2D eigenvalue weighted by atomic mass is 9.86. The van der Waals surface area contributed by atoms with Gasteiger partial charge in [-0.2, -0.15) is 5.10 Å². The minimum absolute atomic E-state index is 0.243. The number of nitrogens with zero attached hydrogens (tertiary/aromatic N) is 1. The SMILES string of the molecule is Oc1cccc2cccc(/C=N\NC(O)CC3CCCCC3)c12. The van der Waals surface area contributed by atoms with E-state index < -0.39 is 6.23 Å². The number of hydrogen-bond acceptors (Lipinski definition) is 4. The molecule has 0 amide bonds. The molecule has 2 aromatic carbocycles. The van der Waals surface area contributed by atoms with Gasteiger partial charge in [-0.15, -0.1) is 0 Å². The van der Waals surface area contributed by atoms with Crippen molar-refractivity contribution in [3.8, 4) is 5.75 Å². The number of hydrogen-bond donors (Lipinski definition) is 3. The maximum Gasteiger partial charge on any atom is 0.140 e. The first-order valence-electron chi connectivity index (χ1n) is 8.41. The first-order valence-corrected chi connectivity index (χ1v) is 8.41. The third-order valence-corrected chi connectivity index (χ3v) is 4.62. The zero-order valence-electron chi connectivity index (χ0n) is 13.3. The van der Waals surface area contributed by atoms with Gasteiger partial charge >= 0.3 is 0 Å². The Balaban J connectivity index is 1.64. The van der Waals surface area contributed by atoms with E-state index in [1.165, 1.54) is 32.1 Å². The molecule has 1 saturated carbocycles. The number of rotatable bonds is 5. The van der Waals surface area contributed by atoms with Crippen LogP contribution in [-0.2, 0) is 0 Å². The van der Waals surface area contributed by atoms with Gasteiger partial charge in [-0.25, -0.2) is 0 Å². The van der Waals surface area contributed by atoms with Gasteiger partial charge < -0.3 is 10.2 Å². The van der Waals surface area contributed by atoms with E-state index in [0.717, 1.165) is 22.8 Å². The molecule has 0 heterocycles. The summed E-state index contributed by atoms with van der Waals surface area (Å²) in [6.07, 6.45) is 8.08. The van der Waals surface area contributed by atoms with Crippen molar-refractivity contribution in [2.75, 3.05) is 0 Å². The van der Waals surface area contributed by atoms with Crippen LogP contribution in [0.3, 0.4) is 0 Å². The number of aliphatic hydroxyl groups is 1. The summed E-state index contributed by atoms with van der Waals surface area (Å²) in [4.78, 5) is 0. The van der Waals surface area contributed by atoms with Gasteiger partial charge in [0.15, 0.2) is 0 Å². The second-order valence-electron chi connectivity index (χ2n) is 6.37. The van der Waals surface area contributed by atoms with Gasteiger partial charge in [0.1, 0.15) is 12.0 Å². The Hall–Kier alpha value is -2.07. The first-order chi connectivity index (χ1) is 11.2. The highest BCUT2D eigenvalue weighted by Gasteiger charge is 2.16. The highest BCUT2D eigenvalue weighted by molar-refractivity contribution is 6.02. The highest BCUT2D eigenvalue weighted by Crippen LogP contribution is 2.28. The van der Waals surface area contributed by atoms with Crippen LogP contribution in [0.4, 0.5) is 0 Å². The van der Waals surface area contributed by atoms with Crippen LogP contribution in [-0.4, -0.2) is 22.7 Å². The molecule has 0 saturated heterocycles. The maximum atomic E-state index is 10.1. The number of aromatic hydroxyl groups is 1. The fourth-order valence-electron chi connectivity index (χ4n) is 3.44. The van der Waals surface area contributed by atoms with Crippen molar-refractivity contribution in [1.29, 1.82) is 0 Å². The van der Waals surface area contributed by atoms with Crippen LogP contribution in [0.25, 0.3) is 10.8 Å². The molecule has 0 aromatic heterocycles. The second-order valence-corrected chi connectivity index (χ2v) is 6.37. The van der Waals surface area contributed by atoms with Crippen molar-refractivity contribution in [2.24, 2.45) is 11.0 Å². The molecule has 1 aliphatic carbocycles. The van der Waals surface area contributed by atoms with Crippen molar-refractivity contribution >= 4 is 17.0 Å². The third-order valence-electron chi connectivity index (χ3n) is 4.62. The van der Waals surface area contributed by atoms with E-state index in [4.69, 9.17) is 0 Å². The molecule has 23 heavy (non-hydrogen) atoms. The van der Waals surface area contributed by atoms with Gasteiger partial charge in [0, 0.05) is 10.9 Å². The molecule has 1 fully saturated rings. The molecule has 122 valence electrons. The normalized spacial score (nSPS) is 17.6. The van der Waals surface area contributed by atoms with Crippen LogP contribution in [0.5, 0.6) is 5.75 Å². The van der Waals surface area contributed by atoms with Crippen molar-refractivity contribution in [2.45, 2.75) is 44.8 Å². The molecule has 3 N–H and O–H groups in total. The number of fused-ring (bicyclic) bond motifs is 1. The number of benzene rings is 2. The third kappa shape index (κ3) is 4.02. The van der Waals surface area contributed by atoms with E-state index in [1.807, 2.05) is 30.3 Å². The van der Waals surface area contributed by atoms with Crippen molar-refractivity contribution in [1.82, 2.24) is 5.43 Å². The quantitative estimate of drug-likeness (QED) is 0.447. The summed E-state index contributed by atoms with van der Waals surface area (Å²) in [5.74, 6) is 0.843. The Bertz CT molecular complexity index is 673. The topological polar surface area (TPSA) is 64.9 Å². The second kappa shape index (κ2) is 7.47. The summed E-state index contributed by atoms with van der Waals surface area (Å²) in [5, 5.41) is 26.0. The zero-order valence-corrected chi connectivity index (χ0v) is 13.3. The Kier molecular flexibility index (Phi) is 5.13. The average Bonchev–Trinajstić information content (AvgIpc) is 2.56. The number of nitrogens with one attached hydrogen (secondary N) is 1. The highest BCUT2D eigenvalue weighted by atomic mass is 16.3. The number of phenols is 1. The van der Waals surface area contributed by atoms with Crippen molar-refractivity contribution < 1.29 is 10.2 Å². The van der Waals surface area contributed by atoms with Crippen LogP contribution < -0.4 is 5.43 Å². The number of phenolic OH excluding ortho intramolecular Hbond substituents is 1. The van der Waals surface area contributed by atoms with Gasteiger partial charge in [0.05, 0.1) is 6.21 Å². The Morgan fingerprint density at radius 1 is 1.13 bits per heavy atom. The molecule has 2 aromatic rings. The Morgan fingerprint density at radius 2 is 1.87 bits per heavy atom. The molecule has 1 unspecified atom stereocenters. The number of hydrazone groups is 1. The molecule has 0 aliphatic heterocycles. The molecule has 1 aliphatic rings. The van der Waals surface area contributed by atoms with Gasteiger partial charge in [0.2, 0.25) is 0 Å². The minimum Gasteiger partial charge on any atom is -0.507 e. The minimum atomic E-state index is -0.613. The fraction of sp³-hybridized carbons (Fsp3) is 0.421. The fourth-order valence-corrected chi connectivity index (χ4v) is 3.44. The van der Waals surface area contributed by atoms with E-state index in [1.54, 1.807) is 12.3 Å². The first kappa shape index (κ1) is 15.8. The van der Waals surface area contributed by atoms with E-state index in [2.05, 4.69) is 10.5 Å². The lowest BCUT2D eigenvalue weighted by Crippen LogP contribution is -2.27. The Labute approximate surface area is 136 Å². The van der Waals surface area contributed by atoms with E-state index in [-0.39, 0.29) is 5.75 Å². The van der Waals surface area contributed by atoms with Crippen LogP contribution in [0, 0.1) is 5.92 Å². The molecule has 3 rings (SSSR count). The molecular weight excluding hydrogens is 288 g/mol.